The predicted octanol–water partition coefficient (Wildman–Crippen LogP) is 3.46. The number of rotatable bonds is 5. The van der Waals surface area contributed by atoms with E-state index < -0.39 is 30.0 Å². The van der Waals surface area contributed by atoms with Crippen molar-refractivity contribution in [1.82, 2.24) is 0 Å². The average molecular weight is 291 g/mol. The minimum Gasteiger partial charge on any atom is -0.462 e. The molecule has 0 unspecified atom stereocenters. The number of carbonyl (C=O) groups is 1. The average Bonchev–Trinajstić information content (AvgIpc) is 2.36. The van der Waals surface area contributed by atoms with E-state index in [9.17, 15) is 22.4 Å². The van der Waals surface area contributed by atoms with Gasteiger partial charge in [0.2, 0.25) is 0 Å². The maximum absolute atomic E-state index is 13.5. The van der Waals surface area contributed by atoms with Crippen molar-refractivity contribution in [2.24, 2.45) is 0 Å². The highest BCUT2D eigenvalue weighted by Crippen LogP contribution is 2.34. The molecule has 0 aliphatic carbocycles. The van der Waals surface area contributed by atoms with Crippen LogP contribution in [0.4, 0.5) is 23.2 Å². The second-order valence-corrected chi connectivity index (χ2v) is 3.97. The number of allylic oxidation sites excluding steroid dienone is 1. The van der Waals surface area contributed by atoms with Crippen LogP contribution in [0.15, 0.2) is 30.3 Å². The number of alkyl halides is 2. The Morgan fingerprint density at radius 2 is 2.00 bits per heavy atom. The van der Waals surface area contributed by atoms with E-state index >= 15 is 0 Å². The molecule has 1 aromatic carbocycles. The molecule has 0 saturated carbocycles. The summed E-state index contributed by atoms with van der Waals surface area (Å²) in [6.07, 6.45) is -3.74. The third-order valence-electron chi connectivity index (χ3n) is 2.44. The van der Waals surface area contributed by atoms with Crippen molar-refractivity contribution in [3.8, 4) is 0 Å². The van der Waals surface area contributed by atoms with Crippen LogP contribution in [0, 0.1) is 0 Å². The fourth-order valence-electron chi connectivity index (χ4n) is 1.54. The number of esters is 1. The number of hydrogen-bond acceptors (Lipinski definition) is 3. The molecule has 0 spiro atoms. The van der Waals surface area contributed by atoms with Gasteiger partial charge >= 0.3 is 11.9 Å². The fraction of sp³-hybridized carbons (Fsp3) is 0.308. The molecule has 0 aliphatic rings. The lowest BCUT2D eigenvalue weighted by Crippen LogP contribution is -2.31. The van der Waals surface area contributed by atoms with Gasteiger partial charge in [0.05, 0.1) is 13.0 Å². The number of carbonyl (C=O) groups excluding carboxylic acids is 1. The monoisotopic (exact) mass is 291 g/mol. The lowest BCUT2D eigenvalue weighted by Gasteiger charge is -2.16. The molecule has 0 aliphatic heterocycles. The lowest BCUT2D eigenvalue weighted by molar-refractivity contribution is -0.170. The Labute approximate surface area is 113 Å². The molecular weight excluding hydrogens is 278 g/mol. The van der Waals surface area contributed by atoms with E-state index in [4.69, 9.17) is 5.73 Å². The second-order valence-electron chi connectivity index (χ2n) is 3.97. The zero-order valence-corrected chi connectivity index (χ0v) is 10.6. The smallest absolute Gasteiger partial charge is 0.377 e. The summed E-state index contributed by atoms with van der Waals surface area (Å²) >= 11 is 0. The first-order valence-electron chi connectivity index (χ1n) is 5.73. The minimum atomic E-state index is -4.03. The van der Waals surface area contributed by atoms with Crippen LogP contribution in [0.3, 0.4) is 0 Å². The number of halogens is 4. The Bertz CT molecular complexity index is 525. The lowest BCUT2D eigenvalue weighted by atomic mass is 10.00. The van der Waals surface area contributed by atoms with E-state index in [0.29, 0.717) is 0 Å². The molecule has 2 N–H and O–H groups in total. The van der Waals surface area contributed by atoms with Gasteiger partial charge in [0.1, 0.15) is 0 Å². The molecule has 1 aromatic rings. The van der Waals surface area contributed by atoms with Crippen LogP contribution in [-0.4, -0.2) is 18.5 Å². The van der Waals surface area contributed by atoms with E-state index in [1.54, 1.807) is 0 Å². The van der Waals surface area contributed by atoms with Crippen molar-refractivity contribution in [2.75, 3.05) is 12.3 Å². The van der Waals surface area contributed by atoms with Gasteiger partial charge < -0.3 is 10.5 Å². The maximum Gasteiger partial charge on any atom is 0.377 e. The van der Waals surface area contributed by atoms with E-state index in [0.717, 1.165) is 6.07 Å². The minimum absolute atomic E-state index is 0.153. The van der Waals surface area contributed by atoms with Gasteiger partial charge in [0, 0.05) is 11.3 Å². The second kappa shape index (κ2) is 6.40. The largest absolute Gasteiger partial charge is 0.462 e. The summed E-state index contributed by atoms with van der Waals surface area (Å²) in [5.41, 5.74) is 4.48. The maximum atomic E-state index is 13.5. The highest BCUT2D eigenvalue weighted by molar-refractivity contribution is 5.82. The summed E-state index contributed by atoms with van der Waals surface area (Å²) in [5.74, 6) is -5.86. The molecule has 20 heavy (non-hydrogen) atoms. The number of anilines is 1. The molecular formula is C13H13F4NO2. The van der Waals surface area contributed by atoms with Crippen LogP contribution in [0.25, 0.3) is 5.57 Å². The summed E-state index contributed by atoms with van der Waals surface area (Å²) in [5, 5.41) is 0. The van der Waals surface area contributed by atoms with E-state index in [1.165, 1.54) is 25.1 Å². The molecule has 1 rings (SSSR count). The zero-order chi connectivity index (χ0) is 15.3. The van der Waals surface area contributed by atoms with Crippen molar-refractivity contribution in [2.45, 2.75) is 19.3 Å². The van der Waals surface area contributed by atoms with Gasteiger partial charge in [0.25, 0.3) is 6.08 Å². The van der Waals surface area contributed by atoms with Gasteiger partial charge in [-0.05, 0) is 24.6 Å². The first-order chi connectivity index (χ1) is 9.27. The van der Waals surface area contributed by atoms with Crippen LogP contribution in [0.1, 0.15) is 18.9 Å². The molecule has 110 valence electrons. The van der Waals surface area contributed by atoms with Crippen molar-refractivity contribution in [3.63, 3.8) is 0 Å². The molecule has 0 aromatic heterocycles. The van der Waals surface area contributed by atoms with Crippen molar-refractivity contribution in [3.05, 3.63) is 35.9 Å². The van der Waals surface area contributed by atoms with Gasteiger partial charge in [-0.25, -0.2) is 4.79 Å². The summed E-state index contributed by atoms with van der Waals surface area (Å²) in [6, 6.07) is 5.14. The molecule has 0 saturated heterocycles. The molecule has 3 nitrogen and oxygen atoms in total. The van der Waals surface area contributed by atoms with Gasteiger partial charge in [-0.2, -0.15) is 17.6 Å². The molecule has 0 fully saturated rings. The Hall–Kier alpha value is -2.05. The summed E-state index contributed by atoms with van der Waals surface area (Å²) in [7, 11) is 0. The topological polar surface area (TPSA) is 52.3 Å². The van der Waals surface area contributed by atoms with Gasteiger partial charge in [-0.3, -0.25) is 0 Å². The predicted molar refractivity (Wildman–Crippen MR) is 66.2 cm³/mol. The van der Waals surface area contributed by atoms with E-state index in [2.05, 4.69) is 4.74 Å². The normalized spacial score (nSPS) is 11.1. The highest BCUT2D eigenvalue weighted by Gasteiger charge is 2.42. The van der Waals surface area contributed by atoms with Crippen LogP contribution in [0.2, 0.25) is 0 Å². The van der Waals surface area contributed by atoms with Crippen LogP contribution in [0.5, 0.6) is 0 Å². The standard InChI is InChI=1S/C13H13F4NO2/c1-2-20-12(19)13(16,17)7-10(11(14)15)8-4-3-5-9(18)6-8/h3-6H,2,7,18H2,1H3. The van der Waals surface area contributed by atoms with Crippen molar-refractivity contribution in [1.29, 1.82) is 0 Å². The Balaban J connectivity index is 3.07. The van der Waals surface area contributed by atoms with Crippen LogP contribution < -0.4 is 5.73 Å². The third kappa shape index (κ3) is 3.97. The Morgan fingerprint density at radius 1 is 1.35 bits per heavy atom. The first-order valence-corrected chi connectivity index (χ1v) is 5.73. The fourth-order valence-corrected chi connectivity index (χ4v) is 1.54. The molecule has 0 heterocycles. The number of nitrogens with two attached hydrogens (primary N) is 1. The third-order valence-corrected chi connectivity index (χ3v) is 2.44. The van der Waals surface area contributed by atoms with Crippen LogP contribution >= 0.6 is 0 Å². The quantitative estimate of drug-likeness (QED) is 0.513. The summed E-state index contributed by atoms with van der Waals surface area (Å²) < 4.78 is 56.9. The van der Waals surface area contributed by atoms with Crippen molar-refractivity contribution >= 4 is 17.2 Å². The first kappa shape index (κ1) is 16.0. The van der Waals surface area contributed by atoms with Gasteiger partial charge in [0.15, 0.2) is 0 Å². The molecule has 0 radical (unpaired) electrons. The number of hydrogen-bond donors (Lipinski definition) is 1. The van der Waals surface area contributed by atoms with Gasteiger partial charge in [-0.15, -0.1) is 0 Å². The molecule has 0 atom stereocenters. The zero-order valence-electron chi connectivity index (χ0n) is 10.6. The van der Waals surface area contributed by atoms with Crippen LogP contribution in [-0.2, 0) is 9.53 Å². The summed E-state index contributed by atoms with van der Waals surface area (Å²) in [6.45, 7) is 1.09. The van der Waals surface area contributed by atoms with E-state index in [1.807, 2.05) is 0 Å². The molecule has 0 amide bonds. The SMILES string of the molecule is CCOC(=O)C(F)(F)CC(=C(F)F)c1cccc(N)c1. The van der Waals surface area contributed by atoms with Gasteiger partial charge in [-0.1, -0.05) is 12.1 Å². The summed E-state index contributed by atoms with van der Waals surface area (Å²) in [4.78, 5) is 11.1. The van der Waals surface area contributed by atoms with E-state index in [-0.39, 0.29) is 17.9 Å². The van der Waals surface area contributed by atoms with Crippen molar-refractivity contribution < 1.29 is 27.1 Å². The Kier molecular flexibility index (Phi) is 5.12. The number of nitrogen functional groups attached to an aromatic ring is 1. The highest BCUT2D eigenvalue weighted by atomic mass is 19.3. The number of ether oxygens (including phenoxy) is 1. The molecule has 0 bridgehead atoms. The number of benzene rings is 1. The molecule has 7 heteroatoms. The Morgan fingerprint density at radius 3 is 2.50 bits per heavy atom.